The van der Waals surface area contributed by atoms with E-state index in [9.17, 15) is 0 Å². The molecule has 2 aromatic rings. The molecule has 1 aromatic carbocycles. The molecular weight excluding hydrogens is 374 g/mol. The summed E-state index contributed by atoms with van der Waals surface area (Å²) in [6.45, 7) is 14.6. The minimum Gasteiger partial charge on any atom is -0.357 e. The maximum Gasteiger partial charge on any atom is 0.194 e. The number of nitrogens with zero attached hydrogens (tertiary/aromatic N) is 6. The highest BCUT2D eigenvalue weighted by Gasteiger charge is 2.19. The van der Waals surface area contributed by atoms with Crippen LogP contribution in [0.3, 0.4) is 0 Å². The number of hydrogen-bond acceptors (Lipinski definition) is 4. The van der Waals surface area contributed by atoms with Gasteiger partial charge in [0.05, 0.1) is 0 Å². The number of rotatable bonds is 9. The van der Waals surface area contributed by atoms with Crippen LogP contribution in [0.5, 0.6) is 0 Å². The van der Waals surface area contributed by atoms with Crippen LogP contribution in [-0.4, -0.2) is 69.8 Å². The molecule has 1 aliphatic heterocycles. The Hall–Kier alpha value is -2.41. The van der Waals surface area contributed by atoms with E-state index < -0.39 is 0 Å². The lowest BCUT2D eigenvalue weighted by molar-refractivity contribution is 0.172. The van der Waals surface area contributed by atoms with Gasteiger partial charge in [0.1, 0.15) is 12.7 Å². The number of hydrogen-bond donors (Lipinski definition) is 1. The van der Waals surface area contributed by atoms with Gasteiger partial charge in [0.15, 0.2) is 5.96 Å². The van der Waals surface area contributed by atoms with Crippen LogP contribution in [-0.2, 0) is 13.1 Å². The molecule has 1 aliphatic rings. The van der Waals surface area contributed by atoms with Crippen molar-refractivity contribution in [2.24, 2.45) is 4.99 Å². The third-order valence-electron chi connectivity index (χ3n) is 5.61. The Morgan fingerprint density at radius 1 is 1.03 bits per heavy atom. The van der Waals surface area contributed by atoms with Crippen LogP contribution in [0.2, 0.25) is 0 Å². The predicted molar refractivity (Wildman–Crippen MR) is 123 cm³/mol. The molecule has 0 unspecified atom stereocenters. The Bertz CT molecular complexity index is 744. The van der Waals surface area contributed by atoms with E-state index in [0.29, 0.717) is 5.92 Å². The van der Waals surface area contributed by atoms with Gasteiger partial charge in [0, 0.05) is 52.4 Å². The number of nitrogens with one attached hydrogen (secondary N) is 1. The van der Waals surface area contributed by atoms with Crippen LogP contribution in [0.1, 0.15) is 50.7 Å². The third kappa shape index (κ3) is 6.83. The fraction of sp³-hybridized carbons (Fsp3) is 0.609. The summed E-state index contributed by atoms with van der Waals surface area (Å²) in [6.07, 6.45) is 5.70. The molecule has 7 nitrogen and oxygen atoms in total. The first-order valence-corrected chi connectivity index (χ1v) is 11.3. The summed E-state index contributed by atoms with van der Waals surface area (Å²) >= 11 is 0. The van der Waals surface area contributed by atoms with Gasteiger partial charge < -0.3 is 14.8 Å². The molecule has 0 saturated carbocycles. The molecule has 7 heteroatoms. The van der Waals surface area contributed by atoms with Gasteiger partial charge in [-0.2, -0.15) is 0 Å². The van der Waals surface area contributed by atoms with Crippen molar-refractivity contribution in [2.45, 2.75) is 52.6 Å². The van der Waals surface area contributed by atoms with E-state index in [0.717, 1.165) is 71.2 Å². The van der Waals surface area contributed by atoms with Crippen LogP contribution in [0.4, 0.5) is 0 Å². The first kappa shape index (κ1) is 22.3. The molecule has 3 rings (SSSR count). The number of aryl methyl sites for hydroxylation is 1. The Morgan fingerprint density at radius 2 is 1.73 bits per heavy atom. The second kappa shape index (κ2) is 11.7. The molecule has 0 aliphatic carbocycles. The molecule has 0 atom stereocenters. The maximum absolute atomic E-state index is 4.86. The minimum atomic E-state index is 0.592. The maximum atomic E-state index is 4.86. The lowest BCUT2D eigenvalue weighted by Gasteiger charge is -2.36. The number of aliphatic imine (C=N–C) groups is 1. The van der Waals surface area contributed by atoms with Gasteiger partial charge in [-0.1, -0.05) is 38.1 Å². The van der Waals surface area contributed by atoms with Gasteiger partial charge in [0.2, 0.25) is 0 Å². The SMILES string of the molecule is CCNC(=NCCCCn1cnnc1)N1CCN(Cc2ccc(C(C)C)cc2)CC1. The lowest BCUT2D eigenvalue weighted by Crippen LogP contribution is -2.52. The molecule has 1 saturated heterocycles. The zero-order chi connectivity index (χ0) is 21.2. The highest BCUT2D eigenvalue weighted by molar-refractivity contribution is 5.80. The lowest BCUT2D eigenvalue weighted by atomic mass is 10.0. The molecule has 1 N–H and O–H groups in total. The fourth-order valence-corrected chi connectivity index (χ4v) is 3.74. The highest BCUT2D eigenvalue weighted by atomic mass is 15.3. The van der Waals surface area contributed by atoms with Gasteiger partial charge in [-0.25, -0.2) is 0 Å². The number of guanidine groups is 1. The van der Waals surface area contributed by atoms with Gasteiger partial charge in [0.25, 0.3) is 0 Å². The van der Waals surface area contributed by atoms with Crippen molar-refractivity contribution in [3.05, 3.63) is 48.0 Å². The Morgan fingerprint density at radius 3 is 2.37 bits per heavy atom. The Kier molecular flexibility index (Phi) is 8.68. The van der Waals surface area contributed by atoms with Crippen LogP contribution >= 0.6 is 0 Å². The normalized spacial score (nSPS) is 15.7. The first-order chi connectivity index (χ1) is 14.7. The fourth-order valence-electron chi connectivity index (χ4n) is 3.74. The van der Waals surface area contributed by atoms with Crippen molar-refractivity contribution >= 4 is 5.96 Å². The number of benzene rings is 1. The highest BCUT2D eigenvalue weighted by Crippen LogP contribution is 2.16. The molecule has 164 valence electrons. The predicted octanol–water partition coefficient (Wildman–Crippen LogP) is 2.97. The summed E-state index contributed by atoms with van der Waals surface area (Å²) in [5, 5.41) is 11.2. The number of piperazine rings is 1. The van der Waals surface area contributed by atoms with E-state index in [-0.39, 0.29) is 0 Å². The summed E-state index contributed by atoms with van der Waals surface area (Å²) in [4.78, 5) is 9.81. The van der Waals surface area contributed by atoms with Gasteiger partial charge in [-0.05, 0) is 36.8 Å². The molecule has 1 fully saturated rings. The monoisotopic (exact) mass is 411 g/mol. The topological polar surface area (TPSA) is 61.6 Å². The van der Waals surface area contributed by atoms with E-state index in [2.05, 4.69) is 70.4 Å². The van der Waals surface area contributed by atoms with Crippen molar-refractivity contribution in [3.63, 3.8) is 0 Å². The average Bonchev–Trinajstić information content (AvgIpc) is 3.27. The van der Waals surface area contributed by atoms with E-state index in [1.807, 2.05) is 4.57 Å². The standard InChI is InChI=1S/C23H37N7/c1-4-24-23(25-11-5-6-12-29-18-26-27-19-29)30-15-13-28(14-16-30)17-21-7-9-22(10-8-21)20(2)3/h7-10,18-20H,4-6,11-17H2,1-3H3,(H,24,25). The van der Waals surface area contributed by atoms with Crippen LogP contribution in [0, 0.1) is 0 Å². The molecule has 1 aromatic heterocycles. The summed E-state index contributed by atoms with van der Waals surface area (Å²) in [6, 6.07) is 9.12. The average molecular weight is 412 g/mol. The molecule has 0 spiro atoms. The van der Waals surface area contributed by atoms with E-state index >= 15 is 0 Å². The summed E-state index contributed by atoms with van der Waals surface area (Å²) < 4.78 is 2.02. The molecule has 0 radical (unpaired) electrons. The molecule has 30 heavy (non-hydrogen) atoms. The Balaban J connectivity index is 1.42. The second-order valence-electron chi connectivity index (χ2n) is 8.30. The molecule has 2 heterocycles. The third-order valence-corrected chi connectivity index (χ3v) is 5.61. The van der Waals surface area contributed by atoms with Crippen molar-refractivity contribution in [2.75, 3.05) is 39.3 Å². The molecule has 0 bridgehead atoms. The van der Waals surface area contributed by atoms with Crippen molar-refractivity contribution < 1.29 is 0 Å². The van der Waals surface area contributed by atoms with Crippen molar-refractivity contribution in [1.82, 2.24) is 29.9 Å². The number of aromatic nitrogens is 3. The van der Waals surface area contributed by atoms with Crippen LogP contribution in [0.15, 0.2) is 41.9 Å². The van der Waals surface area contributed by atoms with E-state index in [1.165, 1.54) is 11.1 Å². The quantitative estimate of drug-likeness (QED) is 0.390. The largest absolute Gasteiger partial charge is 0.357 e. The summed E-state index contributed by atoms with van der Waals surface area (Å²) in [5.41, 5.74) is 2.82. The van der Waals surface area contributed by atoms with Gasteiger partial charge in [-0.15, -0.1) is 10.2 Å². The van der Waals surface area contributed by atoms with Crippen LogP contribution in [0.25, 0.3) is 0 Å². The Labute approximate surface area is 181 Å². The molecule has 0 amide bonds. The number of unbranched alkanes of at least 4 members (excludes halogenated alkanes) is 1. The van der Waals surface area contributed by atoms with Crippen molar-refractivity contribution in [1.29, 1.82) is 0 Å². The minimum absolute atomic E-state index is 0.592. The second-order valence-corrected chi connectivity index (χ2v) is 8.30. The van der Waals surface area contributed by atoms with Crippen LogP contribution < -0.4 is 5.32 Å². The molecular formula is C23H37N7. The zero-order valence-electron chi connectivity index (χ0n) is 18.8. The summed E-state index contributed by atoms with van der Waals surface area (Å²) in [5.74, 6) is 1.65. The van der Waals surface area contributed by atoms with E-state index in [1.54, 1.807) is 12.7 Å². The van der Waals surface area contributed by atoms with Gasteiger partial charge in [-0.3, -0.25) is 9.89 Å². The smallest absolute Gasteiger partial charge is 0.194 e. The first-order valence-electron chi connectivity index (χ1n) is 11.3. The van der Waals surface area contributed by atoms with E-state index in [4.69, 9.17) is 4.99 Å². The van der Waals surface area contributed by atoms with Crippen molar-refractivity contribution in [3.8, 4) is 0 Å². The zero-order valence-corrected chi connectivity index (χ0v) is 18.8. The van der Waals surface area contributed by atoms with Gasteiger partial charge >= 0.3 is 0 Å². The summed E-state index contributed by atoms with van der Waals surface area (Å²) in [7, 11) is 0.